The number of nitrogens with two attached hydrogens (primary N) is 1. The zero-order chi connectivity index (χ0) is 15.6. The molecule has 1 saturated heterocycles. The number of rotatable bonds is 3. The van der Waals surface area contributed by atoms with Crippen LogP contribution in [0.5, 0.6) is 0 Å². The molecule has 0 spiro atoms. The fraction of sp³-hybridized carbons (Fsp3) is 0.545. The molecule has 116 valence electrons. The molecule has 9 nitrogen and oxygen atoms in total. The van der Waals surface area contributed by atoms with E-state index in [0.717, 1.165) is 4.31 Å². The molecule has 0 bridgehead atoms. The molecule has 2 amide bonds. The zero-order valence-electron chi connectivity index (χ0n) is 11.5. The van der Waals surface area contributed by atoms with Gasteiger partial charge >= 0.3 is 0 Å². The number of aromatic nitrogens is 2. The summed E-state index contributed by atoms with van der Waals surface area (Å²) in [5, 5.41) is 6.06. The van der Waals surface area contributed by atoms with Gasteiger partial charge in [-0.15, -0.1) is 0 Å². The molecule has 1 aromatic rings. The highest BCUT2D eigenvalue weighted by atomic mass is 32.2. The Bertz CT molecular complexity index is 627. The van der Waals surface area contributed by atoms with Crippen molar-refractivity contribution in [1.82, 2.24) is 19.4 Å². The third-order valence-electron chi connectivity index (χ3n) is 3.44. The van der Waals surface area contributed by atoms with Gasteiger partial charge in [0.25, 0.3) is 0 Å². The summed E-state index contributed by atoms with van der Waals surface area (Å²) in [6, 6.07) is 0. The number of hydrogen-bond donors (Lipinski definition) is 2. The number of carbonyl (C=O) groups is 2. The van der Waals surface area contributed by atoms with Crippen molar-refractivity contribution in [1.29, 1.82) is 0 Å². The average molecular weight is 315 g/mol. The van der Waals surface area contributed by atoms with Crippen molar-refractivity contribution in [3.8, 4) is 0 Å². The topological polar surface area (TPSA) is 129 Å². The van der Waals surface area contributed by atoms with Crippen LogP contribution in [0.15, 0.2) is 17.3 Å². The van der Waals surface area contributed by atoms with E-state index in [2.05, 4.69) is 10.2 Å². The lowest BCUT2D eigenvalue weighted by Crippen LogP contribution is -2.40. The Morgan fingerprint density at radius 2 is 2.10 bits per heavy atom. The Labute approximate surface area is 122 Å². The van der Waals surface area contributed by atoms with Gasteiger partial charge in [-0.25, -0.2) is 8.42 Å². The molecule has 10 heteroatoms. The van der Waals surface area contributed by atoms with Gasteiger partial charge in [-0.3, -0.25) is 14.7 Å². The average Bonchev–Trinajstić information content (AvgIpc) is 2.83. The molecule has 0 radical (unpaired) electrons. The maximum Gasteiger partial charge on any atom is 0.246 e. The first-order chi connectivity index (χ1) is 9.82. The van der Waals surface area contributed by atoms with E-state index in [1.54, 1.807) is 0 Å². The van der Waals surface area contributed by atoms with Crippen molar-refractivity contribution >= 4 is 21.8 Å². The predicted molar refractivity (Wildman–Crippen MR) is 72.3 cm³/mol. The van der Waals surface area contributed by atoms with Gasteiger partial charge in [-0.2, -0.15) is 9.40 Å². The highest BCUT2D eigenvalue weighted by Gasteiger charge is 2.34. The van der Waals surface area contributed by atoms with E-state index in [-0.39, 0.29) is 37.0 Å². The maximum absolute atomic E-state index is 12.5. The number of carbonyl (C=O) groups excluding carboxylic acids is 2. The third kappa shape index (κ3) is 3.22. The molecule has 21 heavy (non-hydrogen) atoms. The molecule has 1 aliphatic rings. The van der Waals surface area contributed by atoms with Crippen LogP contribution in [0.2, 0.25) is 0 Å². The number of nitrogens with zero attached hydrogens (tertiary/aromatic N) is 3. The smallest absolute Gasteiger partial charge is 0.246 e. The van der Waals surface area contributed by atoms with Gasteiger partial charge in [0.05, 0.1) is 12.1 Å². The van der Waals surface area contributed by atoms with Crippen LogP contribution in [0.1, 0.15) is 6.92 Å². The summed E-state index contributed by atoms with van der Waals surface area (Å²) >= 11 is 0. The van der Waals surface area contributed by atoms with Gasteiger partial charge < -0.3 is 10.6 Å². The molecule has 2 heterocycles. The minimum absolute atomic E-state index is 0.0157. The van der Waals surface area contributed by atoms with Gasteiger partial charge in [0.1, 0.15) is 4.90 Å². The van der Waals surface area contributed by atoms with Crippen LogP contribution < -0.4 is 5.73 Å². The summed E-state index contributed by atoms with van der Waals surface area (Å²) in [4.78, 5) is 24.4. The molecule has 0 aliphatic carbocycles. The highest BCUT2D eigenvalue weighted by Crippen LogP contribution is 2.18. The van der Waals surface area contributed by atoms with Crippen LogP contribution in [0, 0.1) is 5.92 Å². The second-order valence-corrected chi connectivity index (χ2v) is 6.80. The van der Waals surface area contributed by atoms with Crippen molar-refractivity contribution in [2.45, 2.75) is 11.8 Å². The Hall–Kier alpha value is -1.94. The Morgan fingerprint density at radius 3 is 2.62 bits per heavy atom. The fourth-order valence-electron chi connectivity index (χ4n) is 2.20. The van der Waals surface area contributed by atoms with Crippen LogP contribution >= 0.6 is 0 Å². The van der Waals surface area contributed by atoms with Gasteiger partial charge in [0, 0.05) is 39.3 Å². The highest BCUT2D eigenvalue weighted by molar-refractivity contribution is 7.89. The SMILES string of the molecule is CC(=O)N1CCN(S(=O)(=O)c2cn[nH]c2)C[C@H](C(N)=O)C1. The van der Waals surface area contributed by atoms with E-state index in [4.69, 9.17) is 5.73 Å². The third-order valence-corrected chi connectivity index (χ3v) is 5.27. The number of primary amides is 1. The maximum atomic E-state index is 12.5. The van der Waals surface area contributed by atoms with Crippen molar-refractivity contribution in [3.05, 3.63) is 12.4 Å². The second kappa shape index (κ2) is 5.82. The minimum Gasteiger partial charge on any atom is -0.369 e. The summed E-state index contributed by atoms with van der Waals surface area (Å²) in [7, 11) is -3.76. The molecule has 0 saturated carbocycles. The monoisotopic (exact) mass is 315 g/mol. The van der Waals surface area contributed by atoms with Crippen LogP contribution in [-0.2, 0) is 19.6 Å². The molecule has 2 rings (SSSR count). The standard InChI is InChI=1S/C11H17N5O4S/c1-8(17)15-2-3-16(7-9(6-15)11(12)18)21(19,20)10-4-13-14-5-10/h4-5,9H,2-3,6-7H2,1H3,(H2,12,18)(H,13,14)/t9-/m1/s1. The van der Waals surface area contributed by atoms with Crippen LogP contribution in [0.25, 0.3) is 0 Å². The van der Waals surface area contributed by atoms with E-state index in [9.17, 15) is 18.0 Å². The molecule has 1 atom stereocenters. The molecule has 3 N–H and O–H groups in total. The van der Waals surface area contributed by atoms with Gasteiger partial charge in [-0.1, -0.05) is 0 Å². The molecular formula is C11H17N5O4S. The number of hydrogen-bond acceptors (Lipinski definition) is 5. The van der Waals surface area contributed by atoms with Crippen LogP contribution in [0.3, 0.4) is 0 Å². The quantitative estimate of drug-likeness (QED) is 0.691. The largest absolute Gasteiger partial charge is 0.369 e. The summed E-state index contributed by atoms with van der Waals surface area (Å²) in [5.41, 5.74) is 5.31. The number of aromatic amines is 1. The molecule has 0 aromatic carbocycles. The molecule has 1 aromatic heterocycles. The van der Waals surface area contributed by atoms with Crippen molar-refractivity contribution in [2.24, 2.45) is 11.7 Å². The lowest BCUT2D eigenvalue weighted by molar-refractivity contribution is -0.130. The van der Waals surface area contributed by atoms with Crippen LogP contribution in [-0.4, -0.2) is 65.8 Å². The first kappa shape index (κ1) is 15.4. The van der Waals surface area contributed by atoms with E-state index in [0.29, 0.717) is 0 Å². The summed E-state index contributed by atoms with van der Waals surface area (Å²) in [6.45, 7) is 1.78. The predicted octanol–water partition coefficient (Wildman–Crippen LogP) is -1.64. The van der Waals surface area contributed by atoms with E-state index in [1.165, 1.54) is 24.2 Å². The lowest BCUT2D eigenvalue weighted by atomic mass is 10.1. The Kier molecular flexibility index (Phi) is 4.28. The van der Waals surface area contributed by atoms with Gasteiger partial charge in [-0.05, 0) is 0 Å². The number of sulfonamides is 1. The number of H-pyrrole nitrogens is 1. The first-order valence-corrected chi connectivity index (χ1v) is 7.80. The Morgan fingerprint density at radius 1 is 1.38 bits per heavy atom. The van der Waals surface area contributed by atoms with E-state index >= 15 is 0 Å². The summed E-state index contributed by atoms with van der Waals surface area (Å²) < 4.78 is 26.1. The van der Waals surface area contributed by atoms with Crippen molar-refractivity contribution in [3.63, 3.8) is 0 Å². The summed E-state index contributed by atoms with van der Waals surface area (Å²) in [6.07, 6.45) is 2.46. The molecule has 1 aliphatic heterocycles. The molecular weight excluding hydrogens is 298 g/mol. The lowest BCUT2D eigenvalue weighted by Gasteiger charge is -2.21. The van der Waals surface area contributed by atoms with Gasteiger partial charge in [0.15, 0.2) is 0 Å². The van der Waals surface area contributed by atoms with Crippen LogP contribution in [0.4, 0.5) is 0 Å². The fourth-order valence-corrected chi connectivity index (χ4v) is 3.58. The summed E-state index contributed by atoms with van der Waals surface area (Å²) in [5.74, 6) is -1.59. The first-order valence-electron chi connectivity index (χ1n) is 6.36. The minimum atomic E-state index is -3.76. The molecule has 0 unspecified atom stereocenters. The second-order valence-electron chi connectivity index (χ2n) is 4.86. The van der Waals surface area contributed by atoms with E-state index < -0.39 is 21.8 Å². The number of amides is 2. The van der Waals surface area contributed by atoms with Gasteiger partial charge in [0.2, 0.25) is 21.8 Å². The zero-order valence-corrected chi connectivity index (χ0v) is 12.3. The number of nitrogens with one attached hydrogen (secondary N) is 1. The van der Waals surface area contributed by atoms with E-state index in [1.807, 2.05) is 0 Å². The normalized spacial score (nSPS) is 21.0. The molecule has 1 fully saturated rings. The Balaban J connectivity index is 2.28. The van der Waals surface area contributed by atoms with Crippen molar-refractivity contribution in [2.75, 3.05) is 26.2 Å². The van der Waals surface area contributed by atoms with Crippen molar-refractivity contribution < 1.29 is 18.0 Å².